The first-order valence-electron chi connectivity index (χ1n) is 5.30. The SMILES string of the molecule is C=CCCN(OCc1ccccc1)C(C)=O. The summed E-state index contributed by atoms with van der Waals surface area (Å²) < 4.78 is 0. The highest BCUT2D eigenvalue weighted by atomic mass is 16.7. The lowest BCUT2D eigenvalue weighted by molar-refractivity contribution is -0.188. The average Bonchev–Trinajstić information content (AvgIpc) is 2.30. The predicted molar refractivity (Wildman–Crippen MR) is 63.4 cm³/mol. The van der Waals surface area contributed by atoms with Crippen molar-refractivity contribution in [2.45, 2.75) is 20.0 Å². The van der Waals surface area contributed by atoms with Gasteiger partial charge in [0.25, 0.3) is 0 Å². The molecule has 0 N–H and O–H groups in total. The Balaban J connectivity index is 2.43. The van der Waals surface area contributed by atoms with Crippen molar-refractivity contribution in [2.24, 2.45) is 0 Å². The minimum Gasteiger partial charge on any atom is -0.273 e. The fourth-order valence-electron chi connectivity index (χ4n) is 1.25. The molecule has 0 spiro atoms. The van der Waals surface area contributed by atoms with Crippen LogP contribution in [0.1, 0.15) is 18.9 Å². The summed E-state index contributed by atoms with van der Waals surface area (Å²) in [5.74, 6) is -0.0854. The van der Waals surface area contributed by atoms with Crippen molar-refractivity contribution in [1.82, 2.24) is 5.06 Å². The Hall–Kier alpha value is -1.61. The number of hydroxylamine groups is 2. The number of amides is 1. The molecule has 0 aromatic heterocycles. The van der Waals surface area contributed by atoms with E-state index in [1.165, 1.54) is 12.0 Å². The van der Waals surface area contributed by atoms with E-state index in [0.29, 0.717) is 13.2 Å². The molecule has 1 rings (SSSR count). The third kappa shape index (κ3) is 4.28. The Kier molecular flexibility index (Phi) is 5.29. The summed E-state index contributed by atoms with van der Waals surface area (Å²) in [5.41, 5.74) is 1.05. The first-order valence-corrected chi connectivity index (χ1v) is 5.30. The summed E-state index contributed by atoms with van der Waals surface area (Å²) in [6.07, 6.45) is 2.50. The molecule has 0 fully saturated rings. The maximum Gasteiger partial charge on any atom is 0.243 e. The number of carbonyl (C=O) groups is 1. The van der Waals surface area contributed by atoms with E-state index >= 15 is 0 Å². The van der Waals surface area contributed by atoms with Crippen LogP contribution < -0.4 is 0 Å². The molecule has 1 aromatic rings. The number of hydrogen-bond donors (Lipinski definition) is 0. The third-order valence-corrected chi connectivity index (χ3v) is 2.12. The van der Waals surface area contributed by atoms with Crippen molar-refractivity contribution in [1.29, 1.82) is 0 Å². The molecule has 3 nitrogen and oxygen atoms in total. The smallest absolute Gasteiger partial charge is 0.243 e. The van der Waals surface area contributed by atoms with Crippen LogP contribution >= 0.6 is 0 Å². The van der Waals surface area contributed by atoms with Crippen LogP contribution in [0.4, 0.5) is 0 Å². The van der Waals surface area contributed by atoms with Gasteiger partial charge in [0.2, 0.25) is 5.91 Å². The lowest BCUT2D eigenvalue weighted by Crippen LogP contribution is -2.29. The molecule has 0 aliphatic rings. The second-order valence-electron chi connectivity index (χ2n) is 3.46. The summed E-state index contributed by atoms with van der Waals surface area (Å²) in [7, 11) is 0. The van der Waals surface area contributed by atoms with Crippen molar-refractivity contribution >= 4 is 5.91 Å². The zero-order valence-corrected chi connectivity index (χ0v) is 9.56. The zero-order chi connectivity index (χ0) is 11.8. The van der Waals surface area contributed by atoms with Gasteiger partial charge in [-0.1, -0.05) is 36.4 Å². The van der Waals surface area contributed by atoms with Gasteiger partial charge in [-0.05, 0) is 12.0 Å². The van der Waals surface area contributed by atoms with Crippen LogP contribution in [0.2, 0.25) is 0 Å². The van der Waals surface area contributed by atoms with Crippen LogP contribution in [0.25, 0.3) is 0 Å². The van der Waals surface area contributed by atoms with Gasteiger partial charge >= 0.3 is 0 Å². The van der Waals surface area contributed by atoms with E-state index in [9.17, 15) is 4.79 Å². The number of carbonyl (C=O) groups excluding carboxylic acids is 1. The minimum atomic E-state index is -0.0854. The van der Waals surface area contributed by atoms with Crippen molar-refractivity contribution < 1.29 is 9.63 Å². The quantitative estimate of drug-likeness (QED) is 0.543. The average molecular weight is 219 g/mol. The molecule has 0 heterocycles. The molecule has 0 aliphatic carbocycles. The van der Waals surface area contributed by atoms with E-state index in [-0.39, 0.29) is 5.91 Å². The van der Waals surface area contributed by atoms with Gasteiger partial charge in [-0.15, -0.1) is 6.58 Å². The number of rotatable bonds is 6. The van der Waals surface area contributed by atoms with Crippen LogP contribution in [-0.4, -0.2) is 17.5 Å². The topological polar surface area (TPSA) is 29.5 Å². The van der Waals surface area contributed by atoms with E-state index in [0.717, 1.165) is 12.0 Å². The number of hydrogen-bond acceptors (Lipinski definition) is 2. The summed E-state index contributed by atoms with van der Waals surface area (Å²) in [4.78, 5) is 16.7. The fraction of sp³-hybridized carbons (Fsp3) is 0.308. The highest BCUT2D eigenvalue weighted by Gasteiger charge is 2.07. The van der Waals surface area contributed by atoms with Gasteiger partial charge in [-0.25, -0.2) is 5.06 Å². The maximum atomic E-state index is 11.2. The number of nitrogens with zero attached hydrogens (tertiary/aromatic N) is 1. The normalized spacial score (nSPS) is 9.81. The van der Waals surface area contributed by atoms with Crippen molar-refractivity contribution in [3.63, 3.8) is 0 Å². The summed E-state index contributed by atoms with van der Waals surface area (Å²) in [6.45, 7) is 6.07. The first-order chi connectivity index (χ1) is 7.74. The van der Waals surface area contributed by atoms with E-state index in [4.69, 9.17) is 4.84 Å². The summed E-state index contributed by atoms with van der Waals surface area (Å²) in [6, 6.07) is 9.77. The molecular weight excluding hydrogens is 202 g/mol. The molecule has 0 bridgehead atoms. The molecule has 86 valence electrons. The molecule has 1 amide bonds. The summed E-state index contributed by atoms with van der Waals surface area (Å²) in [5, 5.41) is 1.37. The van der Waals surface area contributed by atoms with Crippen LogP contribution in [0.5, 0.6) is 0 Å². The lowest BCUT2D eigenvalue weighted by atomic mass is 10.2. The van der Waals surface area contributed by atoms with Gasteiger partial charge in [0, 0.05) is 6.92 Å². The molecule has 0 unspecified atom stereocenters. The van der Waals surface area contributed by atoms with Crippen molar-refractivity contribution in [3.05, 3.63) is 48.6 Å². The molecular formula is C13H17NO2. The van der Waals surface area contributed by atoms with E-state index in [1.54, 1.807) is 6.08 Å². The first kappa shape index (κ1) is 12.5. The Morgan fingerprint density at radius 2 is 2.12 bits per heavy atom. The van der Waals surface area contributed by atoms with Gasteiger partial charge in [0.05, 0.1) is 6.54 Å². The lowest BCUT2D eigenvalue weighted by Gasteiger charge is -2.19. The fourth-order valence-corrected chi connectivity index (χ4v) is 1.25. The second-order valence-corrected chi connectivity index (χ2v) is 3.46. The Morgan fingerprint density at radius 3 is 2.69 bits per heavy atom. The minimum absolute atomic E-state index is 0.0854. The Morgan fingerprint density at radius 1 is 1.44 bits per heavy atom. The number of benzene rings is 1. The highest BCUT2D eigenvalue weighted by Crippen LogP contribution is 2.04. The molecule has 16 heavy (non-hydrogen) atoms. The van der Waals surface area contributed by atoms with Gasteiger partial charge in [-0.3, -0.25) is 9.63 Å². The van der Waals surface area contributed by atoms with Crippen molar-refractivity contribution in [3.8, 4) is 0 Å². The van der Waals surface area contributed by atoms with Gasteiger partial charge in [0.15, 0.2) is 0 Å². The largest absolute Gasteiger partial charge is 0.273 e. The van der Waals surface area contributed by atoms with Crippen molar-refractivity contribution in [2.75, 3.05) is 6.54 Å². The van der Waals surface area contributed by atoms with Crippen LogP contribution in [0.3, 0.4) is 0 Å². The molecule has 1 aromatic carbocycles. The Bertz CT molecular complexity index is 335. The van der Waals surface area contributed by atoms with Gasteiger partial charge in [-0.2, -0.15) is 0 Å². The molecule has 3 heteroatoms. The zero-order valence-electron chi connectivity index (χ0n) is 9.56. The third-order valence-electron chi connectivity index (χ3n) is 2.12. The second kappa shape index (κ2) is 6.80. The van der Waals surface area contributed by atoms with Crippen LogP contribution in [0.15, 0.2) is 43.0 Å². The summed E-state index contributed by atoms with van der Waals surface area (Å²) >= 11 is 0. The van der Waals surface area contributed by atoms with Gasteiger partial charge < -0.3 is 0 Å². The maximum absolute atomic E-state index is 11.2. The predicted octanol–water partition coefficient (Wildman–Crippen LogP) is 2.54. The van der Waals surface area contributed by atoms with Crippen LogP contribution in [-0.2, 0) is 16.2 Å². The van der Waals surface area contributed by atoms with Crippen LogP contribution in [0, 0.1) is 0 Å². The molecule has 0 saturated heterocycles. The monoisotopic (exact) mass is 219 g/mol. The van der Waals surface area contributed by atoms with E-state index in [1.807, 2.05) is 30.3 Å². The standard InChI is InChI=1S/C13H17NO2/c1-3-4-10-14(12(2)15)16-11-13-8-6-5-7-9-13/h3,5-9H,1,4,10-11H2,2H3. The molecule has 0 saturated carbocycles. The highest BCUT2D eigenvalue weighted by molar-refractivity contribution is 5.71. The van der Waals surface area contributed by atoms with E-state index in [2.05, 4.69) is 6.58 Å². The molecule has 0 radical (unpaired) electrons. The Labute approximate surface area is 96.3 Å². The molecule has 0 aliphatic heterocycles. The van der Waals surface area contributed by atoms with Gasteiger partial charge in [0.1, 0.15) is 6.61 Å². The molecule has 0 atom stereocenters. The van der Waals surface area contributed by atoms with E-state index < -0.39 is 0 Å².